The van der Waals surface area contributed by atoms with Gasteiger partial charge in [-0.3, -0.25) is 10.2 Å². The van der Waals surface area contributed by atoms with E-state index in [-0.39, 0.29) is 0 Å². The highest BCUT2D eigenvalue weighted by atomic mass is 32.1. The number of benzene rings is 3. The molecule has 0 aliphatic carbocycles. The molecule has 0 radical (unpaired) electrons. The number of ether oxygens (including phenoxy) is 2. The molecule has 2 aromatic heterocycles. The van der Waals surface area contributed by atoms with Gasteiger partial charge in [0.25, 0.3) is 5.91 Å². The van der Waals surface area contributed by atoms with E-state index in [0.717, 1.165) is 5.39 Å². The predicted octanol–water partition coefficient (Wildman–Crippen LogP) is 4.96. The number of hydrogen-bond acceptors (Lipinski definition) is 7. The largest absolute Gasteiger partial charge is 0.497 e. The number of nitrogens with zero attached hydrogens (tertiary/aromatic N) is 2. The van der Waals surface area contributed by atoms with Crippen molar-refractivity contribution in [3.05, 3.63) is 105 Å². The van der Waals surface area contributed by atoms with Gasteiger partial charge in [0, 0.05) is 10.8 Å². The van der Waals surface area contributed by atoms with Crippen molar-refractivity contribution in [1.82, 2.24) is 4.68 Å². The summed E-state index contributed by atoms with van der Waals surface area (Å²) in [6.45, 7) is 0. The summed E-state index contributed by atoms with van der Waals surface area (Å²) in [6, 6.07) is 23.1. The highest BCUT2D eigenvalue weighted by Crippen LogP contribution is 2.23. The lowest BCUT2D eigenvalue weighted by atomic mass is 10.1. The average Bonchev–Trinajstić information content (AvgIpc) is 3.29. The molecule has 2 heterocycles. The molecule has 0 atom stereocenters. The average molecular weight is 500 g/mol. The fourth-order valence-corrected chi connectivity index (χ4v) is 4.54. The maximum absolute atomic E-state index is 13.3. The van der Waals surface area contributed by atoms with E-state index >= 15 is 0 Å². The van der Waals surface area contributed by atoms with E-state index < -0.39 is 11.5 Å². The van der Waals surface area contributed by atoms with E-state index in [1.165, 1.54) is 23.1 Å². The first-order chi connectivity index (χ1) is 17.6. The van der Waals surface area contributed by atoms with E-state index in [4.69, 9.17) is 18.9 Å². The Balaban J connectivity index is 1.66. The Morgan fingerprint density at radius 3 is 2.50 bits per heavy atom. The number of rotatable bonds is 6. The summed E-state index contributed by atoms with van der Waals surface area (Å²) in [7, 11) is 3.09. The van der Waals surface area contributed by atoms with Crippen LogP contribution in [0.5, 0.6) is 11.5 Å². The van der Waals surface area contributed by atoms with Crippen LogP contribution in [-0.2, 0) is 0 Å². The van der Waals surface area contributed by atoms with Crippen LogP contribution >= 0.6 is 11.3 Å². The molecule has 0 spiro atoms. The minimum absolute atomic E-state index is 0.293. The number of carbonyl (C=O) groups is 1. The predicted molar refractivity (Wildman–Crippen MR) is 139 cm³/mol. The molecule has 1 amide bonds. The van der Waals surface area contributed by atoms with Crippen LogP contribution in [-0.4, -0.2) is 24.8 Å². The number of aromatic nitrogens is 1. The van der Waals surface area contributed by atoms with Crippen molar-refractivity contribution < 1.29 is 18.7 Å². The minimum atomic E-state index is -0.525. The van der Waals surface area contributed by atoms with Crippen molar-refractivity contribution in [1.29, 1.82) is 0 Å². The summed E-state index contributed by atoms with van der Waals surface area (Å²) in [4.78, 5) is 31.4. The highest BCUT2D eigenvalue weighted by molar-refractivity contribution is 7.07. The molecule has 0 saturated heterocycles. The zero-order valence-electron chi connectivity index (χ0n) is 19.4. The molecule has 180 valence electrons. The summed E-state index contributed by atoms with van der Waals surface area (Å²) in [6.07, 6.45) is 0. The lowest BCUT2D eigenvalue weighted by Crippen LogP contribution is -2.32. The van der Waals surface area contributed by atoms with Gasteiger partial charge in [-0.2, -0.15) is 0 Å². The van der Waals surface area contributed by atoms with Gasteiger partial charge in [0.15, 0.2) is 0 Å². The third-order valence-electron chi connectivity index (χ3n) is 5.49. The number of para-hydroxylation sites is 2. The smallest absolute Gasteiger partial charge is 0.345 e. The molecule has 0 saturated carbocycles. The first-order valence-electron chi connectivity index (χ1n) is 10.9. The number of thiazole rings is 1. The van der Waals surface area contributed by atoms with Gasteiger partial charge in [-0.25, -0.2) is 14.5 Å². The maximum atomic E-state index is 13.3. The van der Waals surface area contributed by atoms with Gasteiger partial charge in [0.05, 0.1) is 36.7 Å². The van der Waals surface area contributed by atoms with Crippen LogP contribution in [0.4, 0.5) is 5.69 Å². The normalized spacial score (nSPS) is 11.4. The first-order valence-corrected chi connectivity index (χ1v) is 11.8. The Kier molecular flexibility index (Phi) is 6.38. The van der Waals surface area contributed by atoms with Crippen molar-refractivity contribution in [3.8, 4) is 22.8 Å². The van der Waals surface area contributed by atoms with Crippen LogP contribution in [0.2, 0.25) is 0 Å². The molecule has 0 aliphatic rings. The zero-order chi connectivity index (χ0) is 25.1. The molecule has 5 rings (SSSR count). The Morgan fingerprint density at radius 1 is 0.972 bits per heavy atom. The lowest BCUT2D eigenvalue weighted by Gasteiger charge is -2.12. The fourth-order valence-electron chi connectivity index (χ4n) is 3.69. The summed E-state index contributed by atoms with van der Waals surface area (Å²) >= 11 is 1.28. The number of nitrogens with one attached hydrogen (secondary N) is 1. The number of methoxy groups -OCH3 is 2. The quantitative estimate of drug-likeness (QED) is 0.333. The Bertz CT molecular complexity index is 1680. The standard InChI is InChI=1S/C27H21N3O5S/c1-33-19-13-11-18(12-14-19)28-27-30(29-25(31)20-8-4-6-10-24(20)34-2)22(16-36-27)21-15-17-7-3-5-9-23(17)35-26(21)32/h3-16H,1-2H3,(H,29,31). The fraction of sp³-hybridized carbons (Fsp3) is 0.0741. The summed E-state index contributed by atoms with van der Waals surface area (Å²) in [5.41, 5.74) is 4.55. The molecule has 3 aromatic carbocycles. The van der Waals surface area contributed by atoms with E-state index in [1.807, 2.05) is 12.1 Å². The highest BCUT2D eigenvalue weighted by Gasteiger charge is 2.18. The molecule has 0 unspecified atom stereocenters. The topological polar surface area (TPSA) is 95.1 Å². The molecule has 8 nitrogen and oxygen atoms in total. The number of hydrogen-bond donors (Lipinski definition) is 1. The third-order valence-corrected chi connectivity index (χ3v) is 6.31. The van der Waals surface area contributed by atoms with Crippen LogP contribution in [0.1, 0.15) is 10.4 Å². The van der Waals surface area contributed by atoms with E-state index in [9.17, 15) is 9.59 Å². The first kappa shape index (κ1) is 23.1. The third kappa shape index (κ3) is 4.51. The summed E-state index contributed by atoms with van der Waals surface area (Å²) in [5, 5.41) is 2.51. The van der Waals surface area contributed by atoms with Gasteiger partial charge in [0.1, 0.15) is 17.1 Å². The molecular weight excluding hydrogens is 478 g/mol. The molecule has 9 heteroatoms. The van der Waals surface area contributed by atoms with Crippen molar-refractivity contribution in [2.24, 2.45) is 4.99 Å². The molecule has 5 aromatic rings. The Morgan fingerprint density at radius 2 is 1.72 bits per heavy atom. The summed E-state index contributed by atoms with van der Waals surface area (Å²) < 4.78 is 17.6. The second-order valence-electron chi connectivity index (χ2n) is 7.68. The number of fused-ring (bicyclic) bond motifs is 1. The van der Waals surface area contributed by atoms with Crippen LogP contribution in [0.15, 0.2) is 98.4 Å². The van der Waals surface area contributed by atoms with E-state index in [1.54, 1.807) is 79.2 Å². The summed E-state index contributed by atoms with van der Waals surface area (Å²) in [5.74, 6) is 0.701. The lowest BCUT2D eigenvalue weighted by molar-refractivity contribution is 0.100. The van der Waals surface area contributed by atoms with Crippen molar-refractivity contribution in [3.63, 3.8) is 0 Å². The van der Waals surface area contributed by atoms with Gasteiger partial charge in [0.2, 0.25) is 4.80 Å². The number of amides is 1. The van der Waals surface area contributed by atoms with Gasteiger partial charge in [-0.1, -0.05) is 30.3 Å². The molecular formula is C27H21N3O5S. The molecule has 1 N–H and O–H groups in total. The Hall–Kier alpha value is -4.63. The second kappa shape index (κ2) is 9.93. The zero-order valence-corrected chi connectivity index (χ0v) is 20.2. The van der Waals surface area contributed by atoms with Crippen molar-refractivity contribution in [2.45, 2.75) is 0 Å². The van der Waals surface area contributed by atoms with Crippen LogP contribution in [0.3, 0.4) is 0 Å². The SMILES string of the molecule is COc1ccc(N=c2scc(-c3cc4ccccc4oc3=O)n2NC(=O)c2ccccc2OC)cc1. The van der Waals surface area contributed by atoms with Crippen LogP contribution in [0, 0.1) is 0 Å². The monoisotopic (exact) mass is 499 g/mol. The van der Waals surface area contributed by atoms with Gasteiger partial charge >= 0.3 is 5.63 Å². The molecule has 0 bridgehead atoms. The van der Waals surface area contributed by atoms with Crippen LogP contribution in [0.25, 0.3) is 22.2 Å². The van der Waals surface area contributed by atoms with Crippen LogP contribution < -0.4 is 25.3 Å². The number of carbonyl (C=O) groups excluding carboxylic acids is 1. The Labute approximate surface area is 209 Å². The van der Waals surface area contributed by atoms with Gasteiger partial charge < -0.3 is 13.9 Å². The van der Waals surface area contributed by atoms with Crippen molar-refractivity contribution >= 4 is 33.9 Å². The van der Waals surface area contributed by atoms with Gasteiger partial charge in [-0.15, -0.1) is 11.3 Å². The van der Waals surface area contributed by atoms with Crippen molar-refractivity contribution in [2.75, 3.05) is 19.6 Å². The maximum Gasteiger partial charge on any atom is 0.345 e. The molecule has 0 aliphatic heterocycles. The van der Waals surface area contributed by atoms with Gasteiger partial charge in [-0.05, 0) is 48.5 Å². The minimum Gasteiger partial charge on any atom is -0.497 e. The molecule has 36 heavy (non-hydrogen) atoms. The van der Waals surface area contributed by atoms with E-state index in [2.05, 4.69) is 5.43 Å². The van der Waals surface area contributed by atoms with E-state index in [0.29, 0.717) is 44.4 Å². The molecule has 0 fully saturated rings. The second-order valence-corrected chi connectivity index (χ2v) is 8.51.